The Labute approximate surface area is 88.3 Å². The van der Waals surface area contributed by atoms with Crippen LogP contribution in [0.2, 0.25) is 0 Å². The van der Waals surface area contributed by atoms with Gasteiger partial charge in [-0.15, -0.1) is 0 Å². The van der Waals surface area contributed by atoms with Crippen LogP contribution in [0, 0.1) is 11.7 Å². The molecule has 0 spiro atoms. The number of fused-ring (bicyclic) bond motifs is 1. The second kappa shape index (κ2) is 3.45. The molecule has 1 aromatic rings. The number of aromatic nitrogens is 1. The summed E-state index contributed by atoms with van der Waals surface area (Å²) in [6, 6.07) is 2.11. The molecule has 80 valence electrons. The van der Waals surface area contributed by atoms with Gasteiger partial charge >= 0.3 is 0 Å². The Morgan fingerprint density at radius 1 is 1.40 bits per heavy atom. The van der Waals surface area contributed by atoms with Gasteiger partial charge in [0.25, 0.3) is 0 Å². The summed E-state index contributed by atoms with van der Waals surface area (Å²) >= 11 is 0. The molecule has 3 nitrogen and oxygen atoms in total. The summed E-state index contributed by atoms with van der Waals surface area (Å²) in [6.45, 7) is 3.15. The lowest BCUT2D eigenvalue weighted by atomic mass is 10.1. The lowest BCUT2D eigenvalue weighted by molar-refractivity contribution is 0.577. The second-order valence-corrected chi connectivity index (χ2v) is 4.33. The van der Waals surface area contributed by atoms with E-state index in [2.05, 4.69) is 15.2 Å². The fraction of sp³-hybridized carbons (Fsp3) is 0.545. The number of hydrogen-bond acceptors (Lipinski definition) is 3. The molecule has 0 bridgehead atoms. The van der Waals surface area contributed by atoms with Gasteiger partial charge in [-0.25, -0.2) is 4.39 Å². The molecule has 2 aliphatic rings. The standard InChI is InChI=1S/C11H14FN3/c12-9-3-10(6-14-5-9)15-2-1-8-4-13-7-11(8)15/h3,5-6,8,11,13H,1-2,4,7H2. The highest BCUT2D eigenvalue weighted by Crippen LogP contribution is 2.31. The summed E-state index contributed by atoms with van der Waals surface area (Å²) in [5, 5.41) is 3.38. The van der Waals surface area contributed by atoms with Crippen molar-refractivity contribution in [1.82, 2.24) is 10.3 Å². The summed E-state index contributed by atoms with van der Waals surface area (Å²) in [5.41, 5.74) is 0.922. The Kier molecular flexibility index (Phi) is 2.09. The predicted molar refractivity (Wildman–Crippen MR) is 56.3 cm³/mol. The molecule has 0 aromatic carbocycles. The van der Waals surface area contributed by atoms with Crippen LogP contribution in [-0.2, 0) is 0 Å². The maximum absolute atomic E-state index is 13.1. The van der Waals surface area contributed by atoms with Crippen molar-refractivity contribution >= 4 is 5.69 Å². The van der Waals surface area contributed by atoms with E-state index in [0.29, 0.717) is 6.04 Å². The summed E-state index contributed by atoms with van der Waals surface area (Å²) in [6.07, 6.45) is 4.21. The van der Waals surface area contributed by atoms with E-state index in [1.165, 1.54) is 12.6 Å². The maximum Gasteiger partial charge on any atom is 0.143 e. The Morgan fingerprint density at radius 2 is 2.33 bits per heavy atom. The molecule has 0 aliphatic carbocycles. The van der Waals surface area contributed by atoms with Crippen LogP contribution in [0.5, 0.6) is 0 Å². The molecule has 3 rings (SSSR count). The van der Waals surface area contributed by atoms with E-state index in [0.717, 1.165) is 31.2 Å². The van der Waals surface area contributed by atoms with E-state index < -0.39 is 0 Å². The average Bonchev–Trinajstić information content (AvgIpc) is 2.77. The Bertz CT molecular complexity index is 369. The quantitative estimate of drug-likeness (QED) is 0.745. The smallest absolute Gasteiger partial charge is 0.143 e. The van der Waals surface area contributed by atoms with Crippen LogP contribution in [0.1, 0.15) is 6.42 Å². The monoisotopic (exact) mass is 207 g/mol. The number of pyridine rings is 1. The van der Waals surface area contributed by atoms with Crippen LogP contribution in [-0.4, -0.2) is 30.7 Å². The minimum absolute atomic E-state index is 0.248. The van der Waals surface area contributed by atoms with Crippen molar-refractivity contribution in [3.05, 3.63) is 24.3 Å². The normalized spacial score (nSPS) is 29.5. The number of hydrogen-bond donors (Lipinski definition) is 1. The van der Waals surface area contributed by atoms with Crippen molar-refractivity contribution in [2.45, 2.75) is 12.5 Å². The van der Waals surface area contributed by atoms with Gasteiger partial charge in [0.1, 0.15) is 5.82 Å². The summed E-state index contributed by atoms with van der Waals surface area (Å²) < 4.78 is 13.1. The first-order valence-electron chi connectivity index (χ1n) is 5.42. The molecular formula is C11H14FN3. The molecule has 3 heterocycles. The third kappa shape index (κ3) is 1.49. The van der Waals surface area contributed by atoms with Crippen LogP contribution >= 0.6 is 0 Å². The van der Waals surface area contributed by atoms with Crippen molar-refractivity contribution in [2.75, 3.05) is 24.5 Å². The van der Waals surface area contributed by atoms with Gasteiger partial charge in [0, 0.05) is 31.7 Å². The third-order valence-corrected chi connectivity index (χ3v) is 3.47. The van der Waals surface area contributed by atoms with E-state index in [1.54, 1.807) is 12.3 Å². The van der Waals surface area contributed by atoms with Gasteiger partial charge in [-0.2, -0.15) is 0 Å². The first kappa shape index (κ1) is 9.09. The van der Waals surface area contributed by atoms with Crippen molar-refractivity contribution in [1.29, 1.82) is 0 Å². The number of halogens is 1. The zero-order valence-electron chi connectivity index (χ0n) is 8.49. The van der Waals surface area contributed by atoms with E-state index in [1.807, 2.05) is 0 Å². The van der Waals surface area contributed by atoms with Gasteiger partial charge < -0.3 is 10.2 Å². The summed E-state index contributed by atoms with van der Waals surface area (Å²) in [5.74, 6) is 0.482. The Balaban J connectivity index is 1.88. The zero-order chi connectivity index (χ0) is 10.3. The van der Waals surface area contributed by atoms with E-state index in [-0.39, 0.29) is 5.82 Å². The van der Waals surface area contributed by atoms with E-state index in [9.17, 15) is 4.39 Å². The highest BCUT2D eigenvalue weighted by atomic mass is 19.1. The van der Waals surface area contributed by atoms with Crippen molar-refractivity contribution in [3.8, 4) is 0 Å². The second-order valence-electron chi connectivity index (χ2n) is 4.33. The fourth-order valence-corrected chi connectivity index (χ4v) is 2.73. The SMILES string of the molecule is Fc1cncc(N2CCC3CNCC32)c1. The molecule has 2 aliphatic heterocycles. The fourth-order valence-electron chi connectivity index (χ4n) is 2.73. The minimum Gasteiger partial charge on any atom is -0.366 e. The first-order chi connectivity index (χ1) is 7.34. The number of nitrogens with zero attached hydrogens (tertiary/aromatic N) is 2. The van der Waals surface area contributed by atoms with Gasteiger partial charge in [0.15, 0.2) is 0 Å². The molecule has 0 radical (unpaired) electrons. The zero-order valence-corrected chi connectivity index (χ0v) is 8.49. The Hall–Kier alpha value is -1.16. The van der Waals surface area contributed by atoms with Gasteiger partial charge in [-0.1, -0.05) is 0 Å². The van der Waals surface area contributed by atoms with Gasteiger partial charge in [-0.05, 0) is 12.3 Å². The molecule has 2 unspecified atom stereocenters. The van der Waals surface area contributed by atoms with E-state index >= 15 is 0 Å². The van der Waals surface area contributed by atoms with Crippen molar-refractivity contribution in [2.24, 2.45) is 5.92 Å². The van der Waals surface area contributed by atoms with Crippen LogP contribution < -0.4 is 10.2 Å². The van der Waals surface area contributed by atoms with Crippen LogP contribution in [0.4, 0.5) is 10.1 Å². The predicted octanol–water partition coefficient (Wildman–Crippen LogP) is 1.02. The number of anilines is 1. The molecule has 2 fully saturated rings. The average molecular weight is 207 g/mol. The van der Waals surface area contributed by atoms with Crippen LogP contribution in [0.15, 0.2) is 18.5 Å². The first-order valence-corrected chi connectivity index (χ1v) is 5.42. The lowest BCUT2D eigenvalue weighted by Gasteiger charge is -2.25. The molecule has 0 saturated carbocycles. The Morgan fingerprint density at radius 3 is 3.20 bits per heavy atom. The molecule has 1 N–H and O–H groups in total. The molecule has 1 aromatic heterocycles. The minimum atomic E-state index is -0.248. The molecule has 2 saturated heterocycles. The molecular weight excluding hydrogens is 193 g/mol. The topological polar surface area (TPSA) is 28.2 Å². The molecule has 4 heteroatoms. The van der Waals surface area contributed by atoms with Gasteiger partial charge in [0.05, 0.1) is 18.1 Å². The highest BCUT2D eigenvalue weighted by Gasteiger charge is 2.37. The van der Waals surface area contributed by atoms with Crippen molar-refractivity contribution in [3.63, 3.8) is 0 Å². The van der Waals surface area contributed by atoms with E-state index in [4.69, 9.17) is 0 Å². The largest absolute Gasteiger partial charge is 0.366 e. The number of nitrogens with one attached hydrogen (secondary N) is 1. The maximum atomic E-state index is 13.1. The highest BCUT2D eigenvalue weighted by molar-refractivity contribution is 5.47. The third-order valence-electron chi connectivity index (χ3n) is 3.47. The van der Waals surface area contributed by atoms with Crippen molar-refractivity contribution < 1.29 is 4.39 Å². The summed E-state index contributed by atoms with van der Waals surface area (Å²) in [4.78, 5) is 6.18. The summed E-state index contributed by atoms with van der Waals surface area (Å²) in [7, 11) is 0. The lowest BCUT2D eigenvalue weighted by Crippen LogP contribution is -2.34. The van der Waals surface area contributed by atoms with Crippen LogP contribution in [0.25, 0.3) is 0 Å². The number of rotatable bonds is 1. The molecule has 2 atom stereocenters. The molecule has 0 amide bonds. The van der Waals surface area contributed by atoms with Gasteiger partial charge in [0.2, 0.25) is 0 Å². The van der Waals surface area contributed by atoms with Crippen LogP contribution in [0.3, 0.4) is 0 Å². The van der Waals surface area contributed by atoms with Gasteiger partial charge in [-0.3, -0.25) is 4.98 Å². The molecule has 15 heavy (non-hydrogen) atoms.